The van der Waals surface area contributed by atoms with Gasteiger partial charge >= 0.3 is 0 Å². The van der Waals surface area contributed by atoms with Crippen LogP contribution in [0.4, 0.5) is 0 Å². The van der Waals surface area contributed by atoms with Gasteiger partial charge in [0.2, 0.25) is 0 Å². The van der Waals surface area contributed by atoms with Crippen LogP contribution in [0.25, 0.3) is 0 Å². The van der Waals surface area contributed by atoms with Crippen LogP contribution in [-0.2, 0) is 17.8 Å². The number of ether oxygens (including phenoxy) is 1. The maximum Gasteiger partial charge on any atom is 0.117 e. The molecule has 2 aliphatic rings. The summed E-state index contributed by atoms with van der Waals surface area (Å²) >= 11 is 0. The quantitative estimate of drug-likeness (QED) is 0.863. The average Bonchev–Trinajstić information content (AvgIpc) is 3.11. The minimum Gasteiger partial charge on any atom is -0.468 e. The number of nitrogens with zero attached hydrogens (tertiary/aromatic N) is 3. The number of piperidine rings is 1. The fourth-order valence-corrected chi connectivity index (χ4v) is 3.82. The summed E-state index contributed by atoms with van der Waals surface area (Å²) < 4.78 is 11.7. The zero-order valence-electron chi connectivity index (χ0n) is 14.1. The highest BCUT2D eigenvalue weighted by Crippen LogP contribution is 2.31. The number of likely N-dealkylation sites (tertiary alicyclic amines) is 1. The first kappa shape index (κ1) is 15.8. The van der Waals surface area contributed by atoms with E-state index in [1.165, 1.54) is 0 Å². The number of rotatable bonds is 4. The molecule has 2 aliphatic heterocycles. The van der Waals surface area contributed by atoms with Gasteiger partial charge in [0.25, 0.3) is 0 Å². The van der Waals surface area contributed by atoms with Crippen LogP contribution in [0.15, 0.2) is 47.2 Å². The number of aromatic nitrogens is 1. The summed E-state index contributed by atoms with van der Waals surface area (Å²) in [5.74, 6) is 1.05. The van der Waals surface area contributed by atoms with Gasteiger partial charge in [-0.1, -0.05) is 6.07 Å². The fourth-order valence-electron chi connectivity index (χ4n) is 3.82. The molecule has 5 nitrogen and oxygen atoms in total. The first-order valence-corrected chi connectivity index (χ1v) is 8.82. The molecule has 0 N–H and O–H groups in total. The lowest BCUT2D eigenvalue weighted by molar-refractivity contribution is -0.138. The van der Waals surface area contributed by atoms with E-state index in [4.69, 9.17) is 9.15 Å². The third kappa shape index (κ3) is 3.69. The van der Waals surface area contributed by atoms with Crippen LogP contribution >= 0.6 is 0 Å². The van der Waals surface area contributed by atoms with E-state index >= 15 is 0 Å². The summed E-state index contributed by atoms with van der Waals surface area (Å²) in [6.45, 7) is 6.79. The Kier molecular flexibility index (Phi) is 4.65. The van der Waals surface area contributed by atoms with Gasteiger partial charge in [0.1, 0.15) is 5.76 Å². The van der Waals surface area contributed by atoms with Gasteiger partial charge in [0.05, 0.1) is 30.7 Å². The molecule has 2 aromatic heterocycles. The highest BCUT2D eigenvalue weighted by atomic mass is 16.5. The van der Waals surface area contributed by atoms with E-state index in [1.54, 1.807) is 6.26 Å². The Labute approximate surface area is 143 Å². The van der Waals surface area contributed by atoms with Gasteiger partial charge in [-0.25, -0.2) is 0 Å². The van der Waals surface area contributed by atoms with Crippen molar-refractivity contribution in [3.8, 4) is 0 Å². The standard InChI is InChI=1S/C19H25N3O2/c1-2-8-20-17(4-1)14-22-11-13-24-19(16-22)6-9-21(10-7-19)15-18-5-3-12-23-18/h1-5,8,12H,6-7,9-11,13-16H2. The van der Waals surface area contributed by atoms with Crippen molar-refractivity contribution in [2.45, 2.75) is 31.5 Å². The van der Waals surface area contributed by atoms with Crippen molar-refractivity contribution in [2.24, 2.45) is 0 Å². The molecule has 128 valence electrons. The van der Waals surface area contributed by atoms with Crippen molar-refractivity contribution in [1.29, 1.82) is 0 Å². The number of pyridine rings is 1. The first-order chi connectivity index (χ1) is 11.8. The summed E-state index contributed by atoms with van der Waals surface area (Å²) in [6, 6.07) is 10.1. The molecular formula is C19H25N3O2. The topological polar surface area (TPSA) is 41.7 Å². The molecule has 0 atom stereocenters. The lowest BCUT2D eigenvalue weighted by atomic mass is 9.89. The predicted octanol–water partition coefficient (Wildman–Crippen LogP) is 2.54. The third-order valence-electron chi connectivity index (χ3n) is 5.17. The van der Waals surface area contributed by atoms with E-state index in [1.807, 2.05) is 18.3 Å². The molecule has 0 aliphatic carbocycles. The van der Waals surface area contributed by atoms with Gasteiger partial charge in [-0.15, -0.1) is 0 Å². The van der Waals surface area contributed by atoms with Gasteiger partial charge in [-0.2, -0.15) is 0 Å². The lowest BCUT2D eigenvalue weighted by Crippen LogP contribution is -2.56. The van der Waals surface area contributed by atoms with Gasteiger partial charge in [0.15, 0.2) is 0 Å². The Hall–Kier alpha value is -1.69. The second kappa shape index (κ2) is 7.05. The first-order valence-electron chi connectivity index (χ1n) is 8.82. The molecule has 0 saturated carbocycles. The van der Waals surface area contributed by atoms with E-state index < -0.39 is 0 Å². The van der Waals surface area contributed by atoms with Crippen molar-refractivity contribution in [3.63, 3.8) is 0 Å². The normalized spacial score (nSPS) is 22.0. The summed E-state index contributed by atoms with van der Waals surface area (Å²) in [5.41, 5.74) is 1.16. The third-order valence-corrected chi connectivity index (χ3v) is 5.17. The lowest BCUT2D eigenvalue weighted by Gasteiger charge is -2.47. The van der Waals surface area contributed by atoms with Gasteiger partial charge in [0, 0.05) is 38.9 Å². The molecule has 0 unspecified atom stereocenters. The maximum atomic E-state index is 6.25. The number of morpholine rings is 1. The van der Waals surface area contributed by atoms with Crippen LogP contribution < -0.4 is 0 Å². The Balaban J connectivity index is 1.32. The highest BCUT2D eigenvalue weighted by Gasteiger charge is 2.39. The minimum atomic E-state index is 0.0205. The molecule has 5 heteroatoms. The Morgan fingerprint density at radius 2 is 1.92 bits per heavy atom. The Morgan fingerprint density at radius 1 is 1.00 bits per heavy atom. The Bertz CT molecular complexity index is 621. The molecule has 2 fully saturated rings. The SMILES string of the molecule is c1ccc(CN2CCOC3(CCN(Cc4ccco4)CC3)C2)nc1. The predicted molar refractivity (Wildman–Crippen MR) is 91.4 cm³/mol. The van der Waals surface area contributed by atoms with Crippen LogP contribution in [0.2, 0.25) is 0 Å². The minimum absolute atomic E-state index is 0.0205. The van der Waals surface area contributed by atoms with Crippen LogP contribution in [-0.4, -0.2) is 53.2 Å². The zero-order chi connectivity index (χ0) is 16.2. The average molecular weight is 327 g/mol. The van der Waals surface area contributed by atoms with Crippen LogP contribution in [0, 0.1) is 0 Å². The molecule has 0 radical (unpaired) electrons. The smallest absolute Gasteiger partial charge is 0.117 e. The van der Waals surface area contributed by atoms with Crippen LogP contribution in [0.3, 0.4) is 0 Å². The summed E-state index contributed by atoms with van der Waals surface area (Å²) in [6.07, 6.45) is 5.80. The molecule has 2 aromatic rings. The largest absolute Gasteiger partial charge is 0.468 e. The van der Waals surface area contributed by atoms with E-state index in [2.05, 4.69) is 33.0 Å². The van der Waals surface area contributed by atoms with Crippen LogP contribution in [0.1, 0.15) is 24.3 Å². The number of hydrogen-bond acceptors (Lipinski definition) is 5. The molecule has 4 rings (SSSR count). The fraction of sp³-hybridized carbons (Fsp3) is 0.526. The monoisotopic (exact) mass is 327 g/mol. The molecule has 24 heavy (non-hydrogen) atoms. The summed E-state index contributed by atoms with van der Waals surface area (Å²) in [4.78, 5) is 9.42. The molecular weight excluding hydrogens is 302 g/mol. The molecule has 0 aromatic carbocycles. The van der Waals surface area contributed by atoms with E-state index in [0.717, 1.165) is 70.2 Å². The molecule has 0 bridgehead atoms. The molecule has 2 saturated heterocycles. The van der Waals surface area contributed by atoms with Gasteiger partial charge in [-0.3, -0.25) is 14.8 Å². The van der Waals surface area contributed by atoms with Crippen molar-refractivity contribution in [2.75, 3.05) is 32.8 Å². The summed E-state index contributed by atoms with van der Waals surface area (Å²) in [7, 11) is 0. The number of furan rings is 1. The maximum absolute atomic E-state index is 6.25. The number of hydrogen-bond donors (Lipinski definition) is 0. The van der Waals surface area contributed by atoms with Gasteiger partial charge < -0.3 is 9.15 Å². The van der Waals surface area contributed by atoms with Crippen LogP contribution in [0.5, 0.6) is 0 Å². The zero-order valence-corrected chi connectivity index (χ0v) is 14.1. The van der Waals surface area contributed by atoms with Crippen molar-refractivity contribution < 1.29 is 9.15 Å². The second-order valence-corrected chi connectivity index (χ2v) is 6.92. The van der Waals surface area contributed by atoms with Gasteiger partial charge in [-0.05, 0) is 37.1 Å². The Morgan fingerprint density at radius 3 is 2.67 bits per heavy atom. The van der Waals surface area contributed by atoms with Crippen molar-refractivity contribution >= 4 is 0 Å². The van der Waals surface area contributed by atoms with Crippen molar-refractivity contribution in [1.82, 2.24) is 14.8 Å². The summed E-state index contributed by atoms with van der Waals surface area (Å²) in [5, 5.41) is 0. The second-order valence-electron chi connectivity index (χ2n) is 6.92. The van der Waals surface area contributed by atoms with E-state index in [9.17, 15) is 0 Å². The van der Waals surface area contributed by atoms with Crippen molar-refractivity contribution in [3.05, 3.63) is 54.2 Å². The molecule has 4 heterocycles. The molecule has 0 amide bonds. The van der Waals surface area contributed by atoms with E-state index in [-0.39, 0.29) is 5.60 Å². The highest BCUT2D eigenvalue weighted by molar-refractivity contribution is 5.04. The van der Waals surface area contributed by atoms with E-state index in [0.29, 0.717) is 0 Å². The molecule has 1 spiro atoms.